The summed E-state index contributed by atoms with van der Waals surface area (Å²) < 4.78 is 0. The molecule has 1 aliphatic heterocycles. The van der Waals surface area contributed by atoms with Crippen molar-refractivity contribution in [1.82, 2.24) is 10.3 Å². The molecule has 3 nitrogen and oxygen atoms in total. The number of piperidine rings is 1. The maximum Gasteiger partial charge on any atom is 0.128 e. The van der Waals surface area contributed by atoms with E-state index in [9.17, 15) is 0 Å². The third-order valence-corrected chi connectivity index (χ3v) is 3.99. The molecule has 1 aromatic rings. The highest BCUT2D eigenvalue weighted by Crippen LogP contribution is 2.23. The molecular formula is C15H25N3. The fourth-order valence-corrected chi connectivity index (χ4v) is 2.73. The summed E-state index contributed by atoms with van der Waals surface area (Å²) in [4.78, 5) is 7.05. The Hall–Kier alpha value is -1.09. The van der Waals surface area contributed by atoms with Crippen LogP contribution in [-0.4, -0.2) is 31.2 Å². The van der Waals surface area contributed by atoms with Crippen LogP contribution >= 0.6 is 0 Å². The number of rotatable bonds is 3. The molecule has 0 bridgehead atoms. The predicted molar refractivity (Wildman–Crippen MR) is 77.4 cm³/mol. The number of nitrogens with zero attached hydrogens (tertiary/aromatic N) is 2. The van der Waals surface area contributed by atoms with Gasteiger partial charge in [-0.2, -0.15) is 0 Å². The van der Waals surface area contributed by atoms with E-state index in [0.717, 1.165) is 18.9 Å². The first kappa shape index (κ1) is 13.3. The molecule has 0 radical (unpaired) electrons. The van der Waals surface area contributed by atoms with Crippen LogP contribution in [0.5, 0.6) is 0 Å². The van der Waals surface area contributed by atoms with Crippen LogP contribution in [0.3, 0.4) is 0 Å². The van der Waals surface area contributed by atoms with Crippen molar-refractivity contribution in [3.63, 3.8) is 0 Å². The standard InChI is InChI=1S/C15H25N3/c1-11(2)14-10-17-15(9-12(14)3)18-7-5-13(16-4)6-8-18/h9-11,13,16H,5-8H2,1-4H3. The first-order valence-electron chi connectivity index (χ1n) is 7.00. The molecule has 2 heterocycles. The van der Waals surface area contributed by atoms with Gasteiger partial charge in [-0.1, -0.05) is 13.8 Å². The predicted octanol–water partition coefficient (Wildman–Crippen LogP) is 2.70. The van der Waals surface area contributed by atoms with E-state index in [1.807, 2.05) is 0 Å². The molecule has 0 unspecified atom stereocenters. The Morgan fingerprint density at radius 2 is 2.00 bits per heavy atom. The Kier molecular flexibility index (Phi) is 4.23. The zero-order valence-corrected chi connectivity index (χ0v) is 12.0. The second-order valence-electron chi connectivity index (χ2n) is 5.60. The summed E-state index contributed by atoms with van der Waals surface area (Å²) in [6.07, 6.45) is 4.48. The van der Waals surface area contributed by atoms with E-state index < -0.39 is 0 Å². The molecule has 0 aliphatic carbocycles. The van der Waals surface area contributed by atoms with Crippen molar-refractivity contribution in [2.75, 3.05) is 25.0 Å². The van der Waals surface area contributed by atoms with E-state index in [0.29, 0.717) is 12.0 Å². The normalized spacial score (nSPS) is 17.5. The maximum absolute atomic E-state index is 4.64. The molecule has 100 valence electrons. The molecule has 18 heavy (non-hydrogen) atoms. The lowest BCUT2D eigenvalue weighted by atomic mass is 10.00. The van der Waals surface area contributed by atoms with Gasteiger partial charge in [0.25, 0.3) is 0 Å². The van der Waals surface area contributed by atoms with E-state index in [4.69, 9.17) is 0 Å². The minimum atomic E-state index is 0.557. The molecule has 3 heteroatoms. The van der Waals surface area contributed by atoms with Crippen molar-refractivity contribution in [1.29, 1.82) is 0 Å². The Labute approximate surface area is 111 Å². The lowest BCUT2D eigenvalue weighted by molar-refractivity contribution is 0.440. The monoisotopic (exact) mass is 247 g/mol. The summed E-state index contributed by atoms with van der Waals surface area (Å²) >= 11 is 0. The third kappa shape index (κ3) is 2.83. The smallest absolute Gasteiger partial charge is 0.128 e. The quantitative estimate of drug-likeness (QED) is 0.890. The molecular weight excluding hydrogens is 222 g/mol. The van der Waals surface area contributed by atoms with Crippen molar-refractivity contribution in [2.24, 2.45) is 0 Å². The summed E-state index contributed by atoms with van der Waals surface area (Å²) in [7, 11) is 2.06. The number of anilines is 1. The van der Waals surface area contributed by atoms with E-state index >= 15 is 0 Å². The highest BCUT2D eigenvalue weighted by molar-refractivity contribution is 5.44. The number of aryl methyl sites for hydroxylation is 1. The molecule has 2 rings (SSSR count). The van der Waals surface area contributed by atoms with Crippen molar-refractivity contribution < 1.29 is 0 Å². The van der Waals surface area contributed by atoms with Gasteiger partial charge in [-0.05, 0) is 49.9 Å². The number of pyridine rings is 1. The molecule has 1 N–H and O–H groups in total. The average molecular weight is 247 g/mol. The average Bonchev–Trinajstić information content (AvgIpc) is 2.38. The van der Waals surface area contributed by atoms with Gasteiger partial charge in [-0.25, -0.2) is 4.98 Å². The fraction of sp³-hybridized carbons (Fsp3) is 0.667. The zero-order chi connectivity index (χ0) is 13.1. The van der Waals surface area contributed by atoms with Gasteiger partial charge in [-0.15, -0.1) is 0 Å². The van der Waals surface area contributed by atoms with E-state index in [1.54, 1.807) is 0 Å². The van der Waals surface area contributed by atoms with Crippen molar-refractivity contribution in [3.8, 4) is 0 Å². The third-order valence-electron chi connectivity index (χ3n) is 3.99. The number of hydrogen-bond acceptors (Lipinski definition) is 3. The van der Waals surface area contributed by atoms with Gasteiger partial charge in [0, 0.05) is 25.3 Å². The molecule has 0 atom stereocenters. The minimum absolute atomic E-state index is 0.557. The largest absolute Gasteiger partial charge is 0.356 e. The zero-order valence-electron chi connectivity index (χ0n) is 12.0. The molecule has 1 saturated heterocycles. The van der Waals surface area contributed by atoms with Crippen molar-refractivity contribution in [2.45, 2.75) is 45.6 Å². The molecule has 1 aromatic heterocycles. The van der Waals surface area contributed by atoms with Gasteiger partial charge in [0.05, 0.1) is 0 Å². The molecule has 0 aromatic carbocycles. The highest BCUT2D eigenvalue weighted by Gasteiger charge is 2.19. The van der Waals surface area contributed by atoms with E-state index in [1.165, 1.54) is 24.0 Å². The Morgan fingerprint density at radius 1 is 1.33 bits per heavy atom. The Morgan fingerprint density at radius 3 is 2.50 bits per heavy atom. The summed E-state index contributed by atoms with van der Waals surface area (Å²) in [5, 5.41) is 3.36. The first-order valence-corrected chi connectivity index (χ1v) is 7.00. The van der Waals surface area contributed by atoms with Crippen LogP contribution in [0.1, 0.15) is 43.7 Å². The molecule has 1 fully saturated rings. The number of aromatic nitrogens is 1. The molecule has 0 spiro atoms. The van der Waals surface area contributed by atoms with Crippen LogP contribution in [0.2, 0.25) is 0 Å². The van der Waals surface area contributed by atoms with Gasteiger partial charge >= 0.3 is 0 Å². The summed E-state index contributed by atoms with van der Waals surface area (Å²) in [6.45, 7) is 8.86. The van der Waals surface area contributed by atoms with Gasteiger partial charge in [0.2, 0.25) is 0 Å². The first-order chi connectivity index (χ1) is 8.61. The topological polar surface area (TPSA) is 28.2 Å². The Bertz CT molecular complexity index is 393. The lowest BCUT2D eigenvalue weighted by Crippen LogP contribution is -2.41. The molecule has 0 amide bonds. The minimum Gasteiger partial charge on any atom is -0.356 e. The molecule has 0 saturated carbocycles. The molecule has 1 aliphatic rings. The van der Waals surface area contributed by atoms with Crippen molar-refractivity contribution >= 4 is 5.82 Å². The van der Waals surface area contributed by atoms with Crippen LogP contribution < -0.4 is 10.2 Å². The number of nitrogens with one attached hydrogen (secondary N) is 1. The second-order valence-corrected chi connectivity index (χ2v) is 5.60. The number of hydrogen-bond donors (Lipinski definition) is 1. The van der Waals surface area contributed by atoms with Crippen LogP contribution in [0.15, 0.2) is 12.3 Å². The van der Waals surface area contributed by atoms with Gasteiger partial charge < -0.3 is 10.2 Å². The van der Waals surface area contributed by atoms with Crippen LogP contribution in [0.25, 0.3) is 0 Å². The second kappa shape index (κ2) is 5.70. The SMILES string of the molecule is CNC1CCN(c2cc(C)c(C(C)C)cn2)CC1. The van der Waals surface area contributed by atoms with Crippen molar-refractivity contribution in [3.05, 3.63) is 23.4 Å². The Balaban J connectivity index is 2.08. The van der Waals surface area contributed by atoms with E-state index in [-0.39, 0.29) is 0 Å². The lowest BCUT2D eigenvalue weighted by Gasteiger charge is -2.33. The summed E-state index contributed by atoms with van der Waals surface area (Å²) in [5.41, 5.74) is 2.73. The van der Waals surface area contributed by atoms with Gasteiger partial charge in [0.15, 0.2) is 0 Å². The maximum atomic E-state index is 4.64. The summed E-state index contributed by atoms with van der Waals surface area (Å²) in [5.74, 6) is 1.70. The fourth-order valence-electron chi connectivity index (χ4n) is 2.73. The van der Waals surface area contributed by atoms with Gasteiger partial charge in [0.1, 0.15) is 5.82 Å². The van der Waals surface area contributed by atoms with Crippen LogP contribution in [0, 0.1) is 6.92 Å². The van der Waals surface area contributed by atoms with Gasteiger partial charge in [-0.3, -0.25) is 0 Å². The van der Waals surface area contributed by atoms with Crippen LogP contribution in [-0.2, 0) is 0 Å². The van der Waals surface area contributed by atoms with Crippen LogP contribution in [0.4, 0.5) is 5.82 Å². The highest BCUT2D eigenvalue weighted by atomic mass is 15.2. The van der Waals surface area contributed by atoms with E-state index in [2.05, 4.69) is 55.3 Å². The summed E-state index contributed by atoms with van der Waals surface area (Å²) in [6, 6.07) is 2.92.